The highest BCUT2D eigenvalue weighted by Crippen LogP contribution is 2.35. The third-order valence-electron chi connectivity index (χ3n) is 6.00. The minimum Gasteiger partial charge on any atom is -0.454 e. The molecule has 0 bridgehead atoms. The lowest BCUT2D eigenvalue weighted by Crippen LogP contribution is -2.41. The van der Waals surface area contributed by atoms with E-state index in [1.54, 1.807) is 37.1 Å². The van der Waals surface area contributed by atoms with Gasteiger partial charge in [-0.05, 0) is 37.5 Å². The maximum atomic E-state index is 13.1. The number of aromatic nitrogens is 2. The molecule has 1 N–H and O–H groups in total. The number of hydrogen-bond acceptors (Lipinski definition) is 7. The zero-order chi connectivity index (χ0) is 22.4. The van der Waals surface area contributed by atoms with Gasteiger partial charge in [0.05, 0.1) is 16.6 Å². The van der Waals surface area contributed by atoms with Gasteiger partial charge in [0.1, 0.15) is 4.83 Å². The fraction of sp³-hybridized carbons (Fsp3) is 0.364. The molecule has 0 radical (unpaired) electrons. The molecular weight excluding hydrogens is 432 g/mol. The first-order valence-electron chi connectivity index (χ1n) is 10.4. The number of thiophene rings is 1. The Morgan fingerprint density at radius 2 is 1.94 bits per heavy atom. The number of amides is 2. The first kappa shape index (κ1) is 20.5. The molecule has 3 aromatic rings. The standard InChI is InChI=1S/C22H22N4O5S/c1-12-17-20(23-10-25(2)21(17)28)32-18(12)22(29)26-7-5-13(6-8-26)19(27)24-14-3-4-15-16(9-14)31-11-30-15/h3-4,9-10,13H,5-8,11H2,1-2H3,(H,24,27). The summed E-state index contributed by atoms with van der Waals surface area (Å²) in [7, 11) is 1.65. The largest absolute Gasteiger partial charge is 0.454 e. The minimum absolute atomic E-state index is 0.0679. The van der Waals surface area contributed by atoms with Crippen molar-refractivity contribution in [2.24, 2.45) is 13.0 Å². The van der Waals surface area contributed by atoms with E-state index in [0.29, 0.717) is 63.8 Å². The van der Waals surface area contributed by atoms with Crippen LogP contribution in [0.15, 0.2) is 29.3 Å². The van der Waals surface area contributed by atoms with Crippen LogP contribution in [0.2, 0.25) is 0 Å². The van der Waals surface area contributed by atoms with Gasteiger partial charge >= 0.3 is 0 Å². The number of rotatable bonds is 3. The van der Waals surface area contributed by atoms with E-state index in [9.17, 15) is 14.4 Å². The summed E-state index contributed by atoms with van der Waals surface area (Å²) in [6.45, 7) is 2.94. The molecule has 10 heteroatoms. The van der Waals surface area contributed by atoms with Crippen LogP contribution in [0, 0.1) is 12.8 Å². The zero-order valence-corrected chi connectivity index (χ0v) is 18.5. The predicted octanol–water partition coefficient (Wildman–Crippen LogP) is 2.52. The van der Waals surface area contributed by atoms with Crippen molar-refractivity contribution in [1.82, 2.24) is 14.5 Å². The number of hydrogen-bond donors (Lipinski definition) is 1. The summed E-state index contributed by atoms with van der Waals surface area (Å²) in [5.74, 6) is 0.927. The van der Waals surface area contributed by atoms with E-state index in [-0.39, 0.29) is 30.1 Å². The summed E-state index contributed by atoms with van der Waals surface area (Å²) in [4.78, 5) is 45.5. The Morgan fingerprint density at radius 1 is 1.19 bits per heavy atom. The number of nitrogens with one attached hydrogen (secondary N) is 1. The molecule has 0 saturated carbocycles. The average molecular weight is 455 g/mol. The van der Waals surface area contributed by atoms with Gasteiger partial charge in [-0.1, -0.05) is 0 Å². The Bertz CT molecular complexity index is 1290. The number of anilines is 1. The van der Waals surface area contributed by atoms with Gasteiger partial charge in [-0.2, -0.15) is 0 Å². The minimum atomic E-state index is -0.179. The molecule has 1 fully saturated rings. The van der Waals surface area contributed by atoms with E-state index in [0.717, 1.165) is 0 Å². The maximum absolute atomic E-state index is 13.1. The molecule has 0 unspecified atom stereocenters. The molecule has 166 valence electrons. The number of carbonyl (C=O) groups excluding carboxylic acids is 2. The fourth-order valence-electron chi connectivity index (χ4n) is 4.12. The van der Waals surface area contributed by atoms with Crippen molar-refractivity contribution < 1.29 is 19.1 Å². The van der Waals surface area contributed by atoms with Gasteiger partial charge in [-0.3, -0.25) is 14.4 Å². The van der Waals surface area contributed by atoms with Crippen LogP contribution in [-0.2, 0) is 11.8 Å². The first-order chi connectivity index (χ1) is 15.4. The van der Waals surface area contributed by atoms with Gasteiger partial charge in [0, 0.05) is 37.8 Å². The number of likely N-dealkylation sites (tertiary alicyclic amines) is 1. The van der Waals surface area contributed by atoms with Crippen LogP contribution in [0.3, 0.4) is 0 Å². The second-order valence-electron chi connectivity index (χ2n) is 8.02. The first-order valence-corrected chi connectivity index (χ1v) is 11.2. The number of carbonyl (C=O) groups is 2. The van der Waals surface area contributed by atoms with Crippen molar-refractivity contribution in [1.29, 1.82) is 0 Å². The lowest BCUT2D eigenvalue weighted by molar-refractivity contribution is -0.121. The smallest absolute Gasteiger partial charge is 0.264 e. The van der Waals surface area contributed by atoms with E-state index < -0.39 is 0 Å². The summed E-state index contributed by atoms with van der Waals surface area (Å²) >= 11 is 1.25. The molecule has 1 aromatic carbocycles. The molecule has 2 aliphatic rings. The van der Waals surface area contributed by atoms with Gasteiger partial charge < -0.3 is 24.3 Å². The van der Waals surface area contributed by atoms with Gasteiger partial charge in [0.2, 0.25) is 12.7 Å². The van der Waals surface area contributed by atoms with Crippen LogP contribution in [-0.4, -0.2) is 46.1 Å². The van der Waals surface area contributed by atoms with Crippen LogP contribution >= 0.6 is 11.3 Å². The maximum Gasteiger partial charge on any atom is 0.264 e. The van der Waals surface area contributed by atoms with Crippen LogP contribution < -0.4 is 20.3 Å². The monoisotopic (exact) mass is 454 g/mol. The van der Waals surface area contributed by atoms with Crippen molar-refractivity contribution in [3.63, 3.8) is 0 Å². The number of fused-ring (bicyclic) bond motifs is 2. The van der Waals surface area contributed by atoms with Gasteiger partial charge in [0.15, 0.2) is 11.5 Å². The summed E-state index contributed by atoms with van der Waals surface area (Å²) in [5, 5.41) is 3.44. The highest BCUT2D eigenvalue weighted by atomic mass is 32.1. The molecule has 2 aliphatic heterocycles. The third-order valence-corrected chi connectivity index (χ3v) is 7.19. The summed E-state index contributed by atoms with van der Waals surface area (Å²) in [6.07, 6.45) is 2.62. The molecule has 2 amide bonds. The van der Waals surface area contributed by atoms with Gasteiger partial charge in [-0.25, -0.2) is 4.98 Å². The van der Waals surface area contributed by atoms with Crippen LogP contribution in [0.25, 0.3) is 10.2 Å². The van der Waals surface area contributed by atoms with E-state index in [4.69, 9.17) is 9.47 Å². The van der Waals surface area contributed by atoms with Crippen LogP contribution in [0.5, 0.6) is 11.5 Å². The molecule has 2 aromatic heterocycles. The Morgan fingerprint density at radius 3 is 2.72 bits per heavy atom. The van der Waals surface area contributed by atoms with Crippen LogP contribution in [0.4, 0.5) is 5.69 Å². The summed E-state index contributed by atoms with van der Waals surface area (Å²) in [5.41, 5.74) is 1.18. The number of benzene rings is 1. The Hall–Kier alpha value is -3.40. The third kappa shape index (κ3) is 3.50. The Balaban J connectivity index is 1.24. The highest BCUT2D eigenvalue weighted by molar-refractivity contribution is 7.20. The molecule has 0 aliphatic carbocycles. The highest BCUT2D eigenvalue weighted by Gasteiger charge is 2.30. The summed E-state index contributed by atoms with van der Waals surface area (Å²) in [6, 6.07) is 5.31. The lowest BCUT2D eigenvalue weighted by atomic mass is 9.95. The van der Waals surface area contributed by atoms with E-state index in [1.165, 1.54) is 22.2 Å². The Kier molecular flexibility index (Phi) is 5.09. The quantitative estimate of drug-likeness (QED) is 0.652. The second-order valence-corrected chi connectivity index (χ2v) is 9.02. The molecule has 4 heterocycles. The molecule has 9 nitrogen and oxygen atoms in total. The molecule has 1 saturated heterocycles. The number of piperidine rings is 1. The predicted molar refractivity (Wildman–Crippen MR) is 119 cm³/mol. The fourth-order valence-corrected chi connectivity index (χ4v) is 5.23. The van der Waals surface area contributed by atoms with E-state index in [2.05, 4.69) is 10.3 Å². The van der Waals surface area contributed by atoms with Gasteiger partial charge in [-0.15, -0.1) is 11.3 Å². The number of nitrogens with zero attached hydrogens (tertiary/aromatic N) is 3. The van der Waals surface area contributed by atoms with E-state index in [1.807, 2.05) is 0 Å². The van der Waals surface area contributed by atoms with E-state index >= 15 is 0 Å². The van der Waals surface area contributed by atoms with Crippen molar-refractivity contribution in [2.75, 3.05) is 25.2 Å². The van der Waals surface area contributed by atoms with Crippen LogP contribution in [0.1, 0.15) is 28.1 Å². The number of ether oxygens (including phenoxy) is 2. The van der Waals surface area contributed by atoms with Crippen molar-refractivity contribution >= 4 is 39.1 Å². The molecule has 5 rings (SSSR count). The van der Waals surface area contributed by atoms with Gasteiger partial charge in [0.25, 0.3) is 11.5 Å². The average Bonchev–Trinajstić information content (AvgIpc) is 3.40. The number of aryl methyl sites for hydroxylation is 2. The van der Waals surface area contributed by atoms with Crippen molar-refractivity contribution in [3.05, 3.63) is 45.3 Å². The summed E-state index contributed by atoms with van der Waals surface area (Å²) < 4.78 is 12.1. The zero-order valence-electron chi connectivity index (χ0n) is 17.7. The molecule has 32 heavy (non-hydrogen) atoms. The van der Waals surface area contributed by atoms with Crippen molar-refractivity contribution in [2.45, 2.75) is 19.8 Å². The molecule has 0 spiro atoms. The lowest BCUT2D eigenvalue weighted by Gasteiger charge is -2.31. The van der Waals surface area contributed by atoms with Crippen molar-refractivity contribution in [3.8, 4) is 11.5 Å². The molecule has 0 atom stereocenters. The second kappa shape index (κ2) is 7.94. The normalized spacial score (nSPS) is 15.9. The Labute approximate surface area is 187 Å². The SMILES string of the molecule is Cc1c(C(=O)N2CCC(C(=O)Nc3ccc4c(c3)OCO4)CC2)sc2ncn(C)c(=O)c12. The molecular formula is C22H22N4O5S. The topological polar surface area (TPSA) is 103 Å².